The average molecular weight is 505 g/mol. The molecule has 0 aliphatic carbocycles. The van der Waals surface area contributed by atoms with Crippen LogP contribution in [0, 0.1) is 9.39 Å². The molecule has 0 aliphatic rings. The molecule has 142 valence electrons. The number of thiazole rings is 1. The Hall–Kier alpha value is -2.35. The quantitative estimate of drug-likeness (QED) is 0.349. The second kappa shape index (κ2) is 9.03. The van der Waals surface area contributed by atoms with E-state index in [4.69, 9.17) is 14.6 Å². The first-order valence-electron chi connectivity index (χ1n) is 7.68. The minimum atomic E-state index is -1.05. The van der Waals surface area contributed by atoms with Gasteiger partial charge in [0.15, 0.2) is 6.54 Å². The molecule has 3 rings (SSSR count). The summed E-state index contributed by atoms with van der Waals surface area (Å²) in [6, 6.07) is 4.38. The molecule has 0 atom stereocenters. The molecule has 0 radical (unpaired) electrons. The third-order valence-corrected chi connectivity index (χ3v) is 4.90. The summed E-state index contributed by atoms with van der Waals surface area (Å²) in [7, 11) is 0. The average Bonchev–Trinajstić information content (AvgIpc) is 3.26. The molecule has 12 heteroatoms. The van der Waals surface area contributed by atoms with Gasteiger partial charge in [0.1, 0.15) is 11.6 Å². The predicted molar refractivity (Wildman–Crippen MR) is 101 cm³/mol. The van der Waals surface area contributed by atoms with E-state index in [-0.39, 0.29) is 18.2 Å². The van der Waals surface area contributed by atoms with Crippen LogP contribution in [0.15, 0.2) is 24.4 Å². The van der Waals surface area contributed by atoms with E-state index in [0.29, 0.717) is 35.5 Å². The van der Waals surface area contributed by atoms with Gasteiger partial charge in [0.2, 0.25) is 5.82 Å². The number of benzene rings is 1. The fourth-order valence-corrected chi connectivity index (χ4v) is 3.15. The number of ether oxygens (including phenoxy) is 2. The van der Waals surface area contributed by atoms with E-state index in [0.717, 1.165) is 8.37 Å². The van der Waals surface area contributed by atoms with E-state index in [1.165, 1.54) is 29.7 Å². The highest BCUT2D eigenvalue weighted by Crippen LogP contribution is 2.27. The van der Waals surface area contributed by atoms with Crippen LogP contribution in [-0.2, 0) is 11.3 Å². The molecular weight excluding hydrogens is 492 g/mol. The van der Waals surface area contributed by atoms with Gasteiger partial charge in [0.25, 0.3) is 5.19 Å². The fourth-order valence-electron chi connectivity index (χ4n) is 1.95. The highest BCUT2D eigenvalue weighted by molar-refractivity contribution is 14.1. The Morgan fingerprint density at radius 3 is 2.96 bits per heavy atom. The van der Waals surface area contributed by atoms with E-state index in [9.17, 15) is 9.18 Å². The number of hydrogen-bond acceptors (Lipinski definition) is 8. The van der Waals surface area contributed by atoms with Crippen molar-refractivity contribution >= 4 is 39.9 Å². The van der Waals surface area contributed by atoms with Crippen molar-refractivity contribution in [3.8, 4) is 21.6 Å². The molecule has 1 aromatic carbocycles. The van der Waals surface area contributed by atoms with Gasteiger partial charge in [-0.1, -0.05) is 11.3 Å². The first-order chi connectivity index (χ1) is 13.0. The SMILES string of the molecule is O=C(O)Cn1nnc(-c2cnc(OCCCOc3cc(F)ccc3I)s2)n1. The van der Waals surface area contributed by atoms with Crippen molar-refractivity contribution in [2.45, 2.75) is 13.0 Å². The Labute approximate surface area is 170 Å². The van der Waals surface area contributed by atoms with Gasteiger partial charge in [-0.15, -0.1) is 10.2 Å². The van der Waals surface area contributed by atoms with Crippen molar-refractivity contribution in [1.82, 2.24) is 25.2 Å². The van der Waals surface area contributed by atoms with Crippen molar-refractivity contribution in [2.75, 3.05) is 13.2 Å². The fraction of sp³-hybridized carbons (Fsp3) is 0.267. The molecule has 0 bridgehead atoms. The van der Waals surface area contributed by atoms with Crippen LogP contribution < -0.4 is 9.47 Å². The molecule has 27 heavy (non-hydrogen) atoms. The number of carboxylic acid groups (broad SMARTS) is 1. The summed E-state index contributed by atoms with van der Waals surface area (Å²) in [4.78, 5) is 16.4. The lowest BCUT2D eigenvalue weighted by Gasteiger charge is -2.08. The highest BCUT2D eigenvalue weighted by Gasteiger charge is 2.12. The van der Waals surface area contributed by atoms with E-state index < -0.39 is 5.97 Å². The first kappa shape index (κ1) is 19.4. The smallest absolute Gasteiger partial charge is 0.327 e. The Kier molecular flexibility index (Phi) is 6.49. The van der Waals surface area contributed by atoms with E-state index >= 15 is 0 Å². The van der Waals surface area contributed by atoms with Crippen LogP contribution >= 0.6 is 33.9 Å². The van der Waals surface area contributed by atoms with Crippen LogP contribution in [0.4, 0.5) is 4.39 Å². The zero-order valence-corrected chi connectivity index (χ0v) is 16.7. The maximum Gasteiger partial charge on any atom is 0.327 e. The van der Waals surface area contributed by atoms with Crippen LogP contribution in [0.5, 0.6) is 10.9 Å². The topological polar surface area (TPSA) is 112 Å². The number of hydrogen-bond donors (Lipinski definition) is 1. The highest BCUT2D eigenvalue weighted by atomic mass is 127. The van der Waals surface area contributed by atoms with Crippen LogP contribution in [0.2, 0.25) is 0 Å². The summed E-state index contributed by atoms with van der Waals surface area (Å²) in [5.41, 5.74) is 0. The molecule has 0 unspecified atom stereocenters. The lowest BCUT2D eigenvalue weighted by molar-refractivity contribution is -0.138. The number of aromatic nitrogens is 5. The third kappa shape index (κ3) is 5.56. The second-order valence-corrected chi connectivity index (χ2v) is 7.31. The second-order valence-electron chi connectivity index (χ2n) is 5.15. The Balaban J connectivity index is 1.45. The Morgan fingerprint density at radius 1 is 1.33 bits per heavy atom. The summed E-state index contributed by atoms with van der Waals surface area (Å²) in [5, 5.41) is 20.6. The zero-order chi connectivity index (χ0) is 19.2. The number of nitrogens with zero attached hydrogens (tertiary/aromatic N) is 5. The molecule has 0 fully saturated rings. The Morgan fingerprint density at radius 2 is 2.15 bits per heavy atom. The lowest BCUT2D eigenvalue weighted by Crippen LogP contribution is -2.11. The predicted octanol–water partition coefficient (Wildman–Crippen LogP) is 2.47. The first-order valence-corrected chi connectivity index (χ1v) is 9.57. The maximum absolute atomic E-state index is 13.2. The summed E-state index contributed by atoms with van der Waals surface area (Å²) in [6.07, 6.45) is 2.13. The van der Waals surface area contributed by atoms with E-state index in [1.54, 1.807) is 6.07 Å². The third-order valence-electron chi connectivity index (χ3n) is 3.10. The minimum absolute atomic E-state index is 0.285. The van der Waals surface area contributed by atoms with Crippen molar-refractivity contribution in [2.24, 2.45) is 0 Å². The van der Waals surface area contributed by atoms with Crippen molar-refractivity contribution in [1.29, 1.82) is 0 Å². The molecule has 2 heterocycles. The van der Waals surface area contributed by atoms with Gasteiger partial charge in [-0.25, -0.2) is 9.37 Å². The van der Waals surface area contributed by atoms with Crippen LogP contribution in [0.3, 0.4) is 0 Å². The molecule has 3 aromatic rings. The van der Waals surface area contributed by atoms with E-state index in [1.807, 2.05) is 0 Å². The standard InChI is InChI=1S/C15H13FIN5O4S/c16-9-2-3-10(17)11(6-9)25-4-1-5-26-15-18-7-12(27-15)14-19-21-22(20-14)8-13(23)24/h2-3,6-7H,1,4-5,8H2,(H,23,24). The molecular formula is C15H13FIN5O4S. The molecule has 2 aromatic heterocycles. The van der Waals surface area contributed by atoms with Crippen molar-refractivity contribution < 1.29 is 23.8 Å². The summed E-state index contributed by atoms with van der Waals surface area (Å²) >= 11 is 3.31. The maximum atomic E-state index is 13.2. The van der Waals surface area contributed by atoms with E-state index in [2.05, 4.69) is 43.0 Å². The van der Waals surface area contributed by atoms with Gasteiger partial charge in [0.05, 0.1) is 27.9 Å². The number of tetrazole rings is 1. The lowest BCUT2D eigenvalue weighted by atomic mass is 10.3. The molecule has 0 aliphatic heterocycles. The minimum Gasteiger partial charge on any atom is -0.492 e. The number of carbonyl (C=O) groups is 1. The Bertz CT molecular complexity index is 935. The number of halogens is 2. The monoisotopic (exact) mass is 505 g/mol. The molecule has 0 amide bonds. The normalized spacial score (nSPS) is 10.7. The largest absolute Gasteiger partial charge is 0.492 e. The molecule has 0 saturated carbocycles. The van der Waals surface area contributed by atoms with Crippen LogP contribution in [-0.4, -0.2) is 49.5 Å². The zero-order valence-electron chi connectivity index (χ0n) is 13.7. The number of rotatable bonds is 9. The summed E-state index contributed by atoms with van der Waals surface area (Å²) in [5.74, 6) is -0.608. The molecule has 9 nitrogen and oxygen atoms in total. The van der Waals surface area contributed by atoms with Gasteiger partial charge >= 0.3 is 5.97 Å². The molecule has 0 saturated heterocycles. The van der Waals surface area contributed by atoms with Crippen molar-refractivity contribution in [3.63, 3.8) is 0 Å². The number of carboxylic acids is 1. The summed E-state index contributed by atoms with van der Waals surface area (Å²) < 4.78 is 25.1. The van der Waals surface area contributed by atoms with Crippen molar-refractivity contribution in [3.05, 3.63) is 33.8 Å². The molecule has 0 spiro atoms. The van der Waals surface area contributed by atoms with Crippen LogP contribution in [0.1, 0.15) is 6.42 Å². The molecule has 1 N–H and O–H groups in total. The number of aliphatic carboxylic acids is 1. The van der Waals surface area contributed by atoms with Gasteiger partial charge in [0, 0.05) is 12.5 Å². The summed E-state index contributed by atoms with van der Waals surface area (Å²) in [6.45, 7) is 0.389. The van der Waals surface area contributed by atoms with Gasteiger partial charge in [-0.05, 0) is 39.9 Å². The van der Waals surface area contributed by atoms with Gasteiger partial charge < -0.3 is 14.6 Å². The van der Waals surface area contributed by atoms with Gasteiger partial charge in [-0.3, -0.25) is 4.79 Å². The van der Waals surface area contributed by atoms with Crippen LogP contribution in [0.25, 0.3) is 10.7 Å². The van der Waals surface area contributed by atoms with Gasteiger partial charge in [-0.2, -0.15) is 4.80 Å².